The summed E-state index contributed by atoms with van der Waals surface area (Å²) in [5.41, 5.74) is 0.266. The van der Waals surface area contributed by atoms with E-state index in [0.29, 0.717) is 17.9 Å². The molecule has 0 amide bonds. The van der Waals surface area contributed by atoms with Crippen LogP contribution in [0.5, 0.6) is 0 Å². The first-order chi connectivity index (χ1) is 5.97. The van der Waals surface area contributed by atoms with Crippen molar-refractivity contribution in [1.82, 2.24) is 4.90 Å². The Morgan fingerprint density at radius 1 is 1.38 bits per heavy atom. The molecule has 2 rings (SSSR count). The smallest absolute Gasteiger partial charge is 0.333 e. The van der Waals surface area contributed by atoms with Gasteiger partial charge in [-0.3, -0.25) is 4.90 Å². The quantitative estimate of drug-likeness (QED) is 0.532. The van der Waals surface area contributed by atoms with Crippen molar-refractivity contribution >= 4 is 5.90 Å². The zero-order valence-corrected chi connectivity index (χ0v) is 8.67. The van der Waals surface area contributed by atoms with E-state index in [1.54, 1.807) is 0 Å². The molecule has 2 atom stereocenters. The van der Waals surface area contributed by atoms with Crippen LogP contribution in [0, 0.1) is 5.92 Å². The van der Waals surface area contributed by atoms with Crippen molar-refractivity contribution in [2.45, 2.75) is 38.8 Å². The Hall–Kier alpha value is -0.570. The van der Waals surface area contributed by atoms with Crippen molar-refractivity contribution in [3.05, 3.63) is 0 Å². The van der Waals surface area contributed by atoms with Crippen LogP contribution in [0.4, 0.5) is 0 Å². The highest BCUT2D eigenvalue weighted by atomic mass is 16.3. The Bertz CT molecular complexity index is 242. The highest BCUT2D eigenvalue weighted by Gasteiger charge is 2.45. The predicted octanol–water partition coefficient (Wildman–Crippen LogP) is -0.474. The number of hydrogen-bond acceptors (Lipinski definition) is 1. The maximum atomic E-state index is 9.31. The molecule has 3 heteroatoms. The molecule has 2 aliphatic rings. The third kappa shape index (κ3) is 1.57. The molecule has 74 valence electrons. The van der Waals surface area contributed by atoms with E-state index in [0.717, 1.165) is 19.5 Å². The van der Waals surface area contributed by atoms with Gasteiger partial charge in [0.25, 0.3) is 0 Å². The first-order valence-electron chi connectivity index (χ1n) is 5.03. The van der Waals surface area contributed by atoms with Gasteiger partial charge in [0, 0.05) is 18.0 Å². The van der Waals surface area contributed by atoms with Crippen molar-refractivity contribution in [2.75, 3.05) is 13.1 Å². The first kappa shape index (κ1) is 9.00. The lowest BCUT2D eigenvalue weighted by Crippen LogP contribution is -2.78. The number of aliphatic hydroxyl groups is 1. The molecule has 0 spiro atoms. The molecule has 0 aliphatic carbocycles. The summed E-state index contributed by atoms with van der Waals surface area (Å²) in [6.07, 6.45) is 0.844. The van der Waals surface area contributed by atoms with Crippen LogP contribution in [0.1, 0.15) is 27.2 Å². The SMILES string of the molecule is CC(C)(C)N1CC2CC(O)=[NH+]C2C1. The summed E-state index contributed by atoms with van der Waals surface area (Å²) >= 11 is 0. The van der Waals surface area contributed by atoms with Crippen LogP contribution in [0.15, 0.2) is 0 Å². The third-order valence-corrected chi connectivity index (χ3v) is 3.20. The summed E-state index contributed by atoms with van der Waals surface area (Å²) < 4.78 is 0. The summed E-state index contributed by atoms with van der Waals surface area (Å²) in [6, 6.07) is 0.485. The van der Waals surface area contributed by atoms with Crippen LogP contribution in [-0.2, 0) is 0 Å². The lowest BCUT2D eigenvalue weighted by atomic mass is 10.0. The van der Waals surface area contributed by atoms with Crippen LogP contribution in [0.3, 0.4) is 0 Å². The maximum Gasteiger partial charge on any atom is 0.333 e. The lowest BCUT2D eigenvalue weighted by Gasteiger charge is -2.31. The summed E-state index contributed by atoms with van der Waals surface area (Å²) in [4.78, 5) is 5.64. The molecule has 1 saturated heterocycles. The van der Waals surface area contributed by atoms with Gasteiger partial charge in [0.2, 0.25) is 0 Å². The van der Waals surface area contributed by atoms with Crippen molar-refractivity contribution in [3.8, 4) is 0 Å². The highest BCUT2D eigenvalue weighted by molar-refractivity contribution is 5.69. The molecule has 2 aliphatic heterocycles. The minimum Gasteiger partial charge on any atom is -0.464 e. The summed E-state index contributed by atoms with van der Waals surface area (Å²) in [6.45, 7) is 8.93. The van der Waals surface area contributed by atoms with Crippen molar-refractivity contribution in [2.24, 2.45) is 5.92 Å². The number of aliphatic hydroxyl groups excluding tert-OH is 1. The predicted molar refractivity (Wildman–Crippen MR) is 51.8 cm³/mol. The second-order valence-corrected chi connectivity index (χ2v) is 5.24. The Kier molecular flexibility index (Phi) is 1.88. The van der Waals surface area contributed by atoms with Gasteiger partial charge >= 0.3 is 5.90 Å². The number of likely N-dealkylation sites (tertiary alicyclic amines) is 1. The maximum absolute atomic E-state index is 9.31. The average molecular weight is 183 g/mol. The van der Waals surface area contributed by atoms with Gasteiger partial charge < -0.3 is 5.11 Å². The Balaban J connectivity index is 2.04. The molecule has 0 bridgehead atoms. The zero-order valence-electron chi connectivity index (χ0n) is 8.67. The van der Waals surface area contributed by atoms with Gasteiger partial charge in [0.15, 0.2) is 6.04 Å². The molecule has 0 radical (unpaired) electrons. The fourth-order valence-corrected chi connectivity index (χ4v) is 2.31. The van der Waals surface area contributed by atoms with Gasteiger partial charge in [-0.15, -0.1) is 0 Å². The molecule has 1 fully saturated rings. The Morgan fingerprint density at radius 3 is 2.62 bits per heavy atom. The van der Waals surface area contributed by atoms with E-state index in [1.165, 1.54) is 0 Å². The second-order valence-electron chi connectivity index (χ2n) is 5.24. The normalized spacial score (nSPS) is 34.8. The number of nitrogens with one attached hydrogen (secondary N) is 1. The Morgan fingerprint density at radius 2 is 2.08 bits per heavy atom. The summed E-state index contributed by atoms with van der Waals surface area (Å²) in [7, 11) is 0. The topological polar surface area (TPSA) is 37.4 Å². The van der Waals surface area contributed by atoms with Gasteiger partial charge in [-0.05, 0) is 20.8 Å². The van der Waals surface area contributed by atoms with Crippen molar-refractivity contribution in [1.29, 1.82) is 0 Å². The van der Waals surface area contributed by atoms with Crippen LogP contribution < -0.4 is 4.99 Å². The summed E-state index contributed by atoms with van der Waals surface area (Å²) in [5, 5.41) is 9.31. The molecule has 0 aromatic heterocycles. The molecular weight excluding hydrogens is 164 g/mol. The number of hydrogen-bond donors (Lipinski definition) is 2. The molecule has 2 N–H and O–H groups in total. The third-order valence-electron chi connectivity index (χ3n) is 3.20. The first-order valence-corrected chi connectivity index (χ1v) is 5.03. The van der Waals surface area contributed by atoms with Gasteiger partial charge in [-0.2, -0.15) is 0 Å². The van der Waals surface area contributed by atoms with Crippen LogP contribution in [-0.4, -0.2) is 40.6 Å². The highest BCUT2D eigenvalue weighted by Crippen LogP contribution is 2.26. The molecule has 2 heterocycles. The molecule has 2 unspecified atom stereocenters. The van der Waals surface area contributed by atoms with E-state index < -0.39 is 0 Å². The van der Waals surface area contributed by atoms with Gasteiger partial charge in [-0.1, -0.05) is 0 Å². The van der Waals surface area contributed by atoms with Crippen LogP contribution >= 0.6 is 0 Å². The number of nitrogens with zero attached hydrogens (tertiary/aromatic N) is 1. The van der Waals surface area contributed by atoms with E-state index in [1.807, 2.05) is 0 Å². The van der Waals surface area contributed by atoms with E-state index in [-0.39, 0.29) is 5.54 Å². The fourth-order valence-electron chi connectivity index (χ4n) is 2.31. The van der Waals surface area contributed by atoms with Gasteiger partial charge in [0.05, 0.1) is 13.0 Å². The largest absolute Gasteiger partial charge is 0.464 e. The van der Waals surface area contributed by atoms with E-state index in [9.17, 15) is 5.11 Å². The van der Waals surface area contributed by atoms with Gasteiger partial charge in [0.1, 0.15) is 0 Å². The second kappa shape index (κ2) is 2.71. The number of fused-ring (bicyclic) bond motifs is 1. The molecule has 13 heavy (non-hydrogen) atoms. The molecule has 0 aromatic carbocycles. The van der Waals surface area contributed by atoms with Gasteiger partial charge in [-0.25, -0.2) is 4.99 Å². The van der Waals surface area contributed by atoms with E-state index >= 15 is 0 Å². The monoisotopic (exact) mass is 183 g/mol. The van der Waals surface area contributed by atoms with Crippen LogP contribution in [0.25, 0.3) is 0 Å². The molecular formula is C10H19N2O+. The van der Waals surface area contributed by atoms with Crippen LogP contribution in [0.2, 0.25) is 0 Å². The van der Waals surface area contributed by atoms with Crippen molar-refractivity contribution in [3.63, 3.8) is 0 Å². The number of rotatable bonds is 0. The van der Waals surface area contributed by atoms with E-state index in [4.69, 9.17) is 0 Å². The molecule has 0 saturated carbocycles. The fraction of sp³-hybridized carbons (Fsp3) is 0.900. The zero-order chi connectivity index (χ0) is 9.64. The Labute approximate surface area is 79.5 Å². The average Bonchev–Trinajstić information content (AvgIpc) is 2.40. The molecule has 0 aromatic rings. The van der Waals surface area contributed by atoms with E-state index in [2.05, 4.69) is 30.7 Å². The summed E-state index contributed by atoms with van der Waals surface area (Å²) in [5.74, 6) is 1.11. The minimum absolute atomic E-state index is 0.266. The standard InChI is InChI=1S/C10H18N2O/c1-10(2,3)12-5-7-4-9(13)11-8(7)6-12/h7-8H,4-6H2,1-3H3,(H,11,13)/p+1. The lowest BCUT2D eigenvalue weighted by molar-refractivity contribution is -0.502. The van der Waals surface area contributed by atoms with Crippen molar-refractivity contribution < 1.29 is 10.1 Å². The minimum atomic E-state index is 0.266. The molecule has 3 nitrogen and oxygen atoms in total.